The monoisotopic (exact) mass is 229 g/mol. The number of hydrogen-bond donors (Lipinski definition) is 0. The molecular formula is C12H11N3O2. The third kappa shape index (κ3) is 1.73. The predicted octanol–water partition coefficient (Wildman–Crippen LogP) is 2.98. The van der Waals surface area contributed by atoms with Crippen molar-refractivity contribution in [2.24, 2.45) is 10.2 Å². The van der Waals surface area contributed by atoms with Gasteiger partial charge in [0.1, 0.15) is 0 Å². The Hall–Kier alpha value is -2.04. The summed E-state index contributed by atoms with van der Waals surface area (Å²) < 4.78 is 0. The molecule has 0 aromatic heterocycles. The van der Waals surface area contributed by atoms with Gasteiger partial charge >= 0.3 is 0 Å². The molecule has 5 heteroatoms. The van der Waals surface area contributed by atoms with Crippen LogP contribution in [0.15, 0.2) is 40.1 Å². The Morgan fingerprint density at radius 2 is 1.76 bits per heavy atom. The van der Waals surface area contributed by atoms with Gasteiger partial charge in [-0.25, -0.2) is 0 Å². The molecule has 17 heavy (non-hydrogen) atoms. The van der Waals surface area contributed by atoms with Crippen LogP contribution in [0.1, 0.15) is 18.4 Å². The number of nitro groups is 1. The Morgan fingerprint density at radius 3 is 2.24 bits per heavy atom. The topological polar surface area (TPSA) is 67.9 Å². The van der Waals surface area contributed by atoms with Crippen molar-refractivity contribution < 1.29 is 4.92 Å². The van der Waals surface area contributed by atoms with Crippen molar-refractivity contribution >= 4 is 11.8 Å². The van der Waals surface area contributed by atoms with Gasteiger partial charge in [0.25, 0.3) is 5.69 Å². The van der Waals surface area contributed by atoms with E-state index < -0.39 is 0 Å². The fourth-order valence-corrected chi connectivity index (χ4v) is 2.36. The molecule has 0 N–H and O–H groups in total. The number of fused-ring (bicyclic) bond motifs is 2. The van der Waals surface area contributed by atoms with Crippen molar-refractivity contribution in [3.8, 4) is 0 Å². The van der Waals surface area contributed by atoms with Gasteiger partial charge in [-0.05, 0) is 36.1 Å². The molecule has 1 aliphatic carbocycles. The summed E-state index contributed by atoms with van der Waals surface area (Å²) in [5.74, 6) is 0. The second kappa shape index (κ2) is 3.76. The van der Waals surface area contributed by atoms with Gasteiger partial charge in [-0.3, -0.25) is 10.1 Å². The molecule has 3 rings (SSSR count). The lowest BCUT2D eigenvalue weighted by molar-refractivity contribution is -0.384. The van der Waals surface area contributed by atoms with Crippen LogP contribution >= 0.6 is 0 Å². The number of nitrogens with zero attached hydrogens (tertiary/aromatic N) is 3. The Labute approximate surface area is 98.0 Å². The number of rotatable bonds is 2. The molecule has 0 saturated heterocycles. The van der Waals surface area contributed by atoms with Gasteiger partial charge in [-0.1, -0.05) is 6.08 Å². The number of benzene rings is 1. The standard InChI is InChI=1S/C12H11N3O2/c16-15(17)9-3-1-8(2-4-9)7-10-11-5-6-12(10)14-13-11/h1-4,7,11-12H,5-6H2. The summed E-state index contributed by atoms with van der Waals surface area (Å²) in [6.07, 6.45) is 4.21. The van der Waals surface area contributed by atoms with Crippen molar-refractivity contribution in [2.45, 2.75) is 24.9 Å². The first-order valence-electron chi connectivity index (χ1n) is 5.60. The largest absolute Gasteiger partial charge is 0.269 e. The Bertz CT molecular complexity index is 503. The molecule has 0 amide bonds. The first-order valence-corrected chi connectivity index (χ1v) is 5.60. The van der Waals surface area contributed by atoms with Crippen LogP contribution in [0.4, 0.5) is 5.69 Å². The molecule has 86 valence electrons. The molecule has 2 unspecified atom stereocenters. The van der Waals surface area contributed by atoms with E-state index >= 15 is 0 Å². The quantitative estimate of drug-likeness (QED) is 0.577. The maximum Gasteiger partial charge on any atom is 0.269 e. The highest BCUT2D eigenvalue weighted by atomic mass is 16.6. The van der Waals surface area contributed by atoms with Gasteiger partial charge in [0.15, 0.2) is 0 Å². The average Bonchev–Trinajstić information content (AvgIpc) is 2.90. The number of azo groups is 1. The highest BCUT2D eigenvalue weighted by Crippen LogP contribution is 2.37. The summed E-state index contributed by atoms with van der Waals surface area (Å²) >= 11 is 0. The van der Waals surface area contributed by atoms with Crippen molar-refractivity contribution in [3.05, 3.63) is 45.5 Å². The first kappa shape index (κ1) is 10.1. The Morgan fingerprint density at radius 1 is 1.18 bits per heavy atom. The molecule has 1 saturated carbocycles. The van der Waals surface area contributed by atoms with E-state index in [9.17, 15) is 10.1 Å². The summed E-state index contributed by atoms with van der Waals surface area (Å²) in [6, 6.07) is 7.08. The lowest BCUT2D eigenvalue weighted by Crippen LogP contribution is -1.98. The number of hydrogen-bond acceptors (Lipinski definition) is 4. The summed E-state index contributed by atoms with van der Waals surface area (Å²) in [6.45, 7) is 0. The van der Waals surface area contributed by atoms with E-state index in [-0.39, 0.29) is 22.7 Å². The normalized spacial score (nSPS) is 25.3. The van der Waals surface area contributed by atoms with Gasteiger partial charge in [-0.2, -0.15) is 10.2 Å². The van der Waals surface area contributed by atoms with Crippen LogP contribution in [-0.2, 0) is 0 Å². The fraction of sp³-hybridized carbons (Fsp3) is 0.333. The summed E-state index contributed by atoms with van der Waals surface area (Å²) in [5.41, 5.74) is 2.35. The second-order valence-electron chi connectivity index (χ2n) is 4.33. The lowest BCUT2D eigenvalue weighted by atomic mass is 10.1. The molecule has 1 aromatic carbocycles. The van der Waals surface area contributed by atoms with Crippen LogP contribution in [-0.4, -0.2) is 17.0 Å². The first-order chi connectivity index (χ1) is 8.24. The van der Waals surface area contributed by atoms with Gasteiger partial charge in [0, 0.05) is 12.1 Å². The number of non-ortho nitro benzene ring substituents is 1. The number of nitro benzene ring substituents is 1. The van der Waals surface area contributed by atoms with Crippen LogP contribution in [0.2, 0.25) is 0 Å². The maximum atomic E-state index is 10.5. The van der Waals surface area contributed by atoms with Crippen molar-refractivity contribution in [3.63, 3.8) is 0 Å². The maximum absolute atomic E-state index is 10.5. The molecular weight excluding hydrogens is 218 g/mol. The Balaban J connectivity index is 1.87. The molecule has 2 aliphatic rings. The molecule has 2 bridgehead atoms. The van der Waals surface area contributed by atoms with Crippen LogP contribution in [0.3, 0.4) is 0 Å². The molecule has 0 radical (unpaired) electrons. The van der Waals surface area contributed by atoms with Crippen LogP contribution in [0.5, 0.6) is 0 Å². The van der Waals surface area contributed by atoms with Gasteiger partial charge in [0.05, 0.1) is 17.0 Å². The molecule has 1 aromatic rings. The van der Waals surface area contributed by atoms with Crippen molar-refractivity contribution in [1.29, 1.82) is 0 Å². The zero-order chi connectivity index (χ0) is 11.8. The molecule has 1 aliphatic heterocycles. The van der Waals surface area contributed by atoms with Crippen LogP contribution in [0.25, 0.3) is 6.08 Å². The van der Waals surface area contributed by atoms with E-state index in [0.29, 0.717) is 0 Å². The van der Waals surface area contributed by atoms with Gasteiger partial charge in [-0.15, -0.1) is 0 Å². The van der Waals surface area contributed by atoms with E-state index in [2.05, 4.69) is 16.3 Å². The second-order valence-corrected chi connectivity index (χ2v) is 4.33. The third-order valence-corrected chi connectivity index (χ3v) is 3.27. The van der Waals surface area contributed by atoms with E-state index in [4.69, 9.17) is 0 Å². The minimum Gasteiger partial charge on any atom is -0.258 e. The molecule has 5 nitrogen and oxygen atoms in total. The molecule has 0 spiro atoms. The molecule has 2 atom stereocenters. The summed E-state index contributed by atoms with van der Waals surface area (Å²) in [5, 5.41) is 18.9. The zero-order valence-corrected chi connectivity index (χ0v) is 9.11. The zero-order valence-electron chi connectivity index (χ0n) is 9.11. The van der Waals surface area contributed by atoms with Crippen LogP contribution < -0.4 is 0 Å². The minimum atomic E-state index is -0.388. The minimum absolute atomic E-state index is 0.121. The Kier molecular flexibility index (Phi) is 2.24. The average molecular weight is 229 g/mol. The highest BCUT2D eigenvalue weighted by molar-refractivity contribution is 5.58. The smallest absolute Gasteiger partial charge is 0.258 e. The molecule has 1 heterocycles. The van der Waals surface area contributed by atoms with Gasteiger partial charge in [0.2, 0.25) is 0 Å². The van der Waals surface area contributed by atoms with E-state index in [0.717, 1.165) is 18.4 Å². The van der Waals surface area contributed by atoms with Crippen molar-refractivity contribution in [1.82, 2.24) is 0 Å². The fourth-order valence-electron chi connectivity index (χ4n) is 2.36. The van der Waals surface area contributed by atoms with Crippen molar-refractivity contribution in [2.75, 3.05) is 0 Å². The molecule has 1 fully saturated rings. The van der Waals surface area contributed by atoms with E-state index in [1.54, 1.807) is 12.1 Å². The predicted molar refractivity (Wildman–Crippen MR) is 62.7 cm³/mol. The lowest BCUT2D eigenvalue weighted by Gasteiger charge is -2.00. The third-order valence-electron chi connectivity index (χ3n) is 3.27. The summed E-state index contributed by atoms with van der Waals surface area (Å²) in [4.78, 5) is 10.1. The van der Waals surface area contributed by atoms with E-state index in [1.165, 1.54) is 17.7 Å². The van der Waals surface area contributed by atoms with E-state index in [1.807, 2.05) is 0 Å². The van der Waals surface area contributed by atoms with Crippen LogP contribution in [0, 0.1) is 10.1 Å². The SMILES string of the molecule is O=[N+]([O-])c1ccc(C=C2C3CCC2N=N3)cc1. The summed E-state index contributed by atoms with van der Waals surface area (Å²) in [7, 11) is 0. The van der Waals surface area contributed by atoms with Gasteiger partial charge < -0.3 is 0 Å². The highest BCUT2D eigenvalue weighted by Gasteiger charge is 2.35.